The maximum Gasteiger partial charge on any atom is 0.320 e. The number of carboxylic acid groups (broad SMARTS) is 1. The number of benzene rings is 1. The van der Waals surface area contributed by atoms with E-state index in [1.807, 2.05) is 0 Å². The zero-order valence-electron chi connectivity index (χ0n) is 7.97. The molecule has 0 aliphatic carbocycles. The van der Waals surface area contributed by atoms with E-state index in [0.717, 1.165) is 5.56 Å². The van der Waals surface area contributed by atoms with Crippen LogP contribution in [0.25, 0.3) is 0 Å². The number of rotatable bonds is 3. The molecule has 5 nitrogen and oxygen atoms in total. The molecule has 0 aromatic heterocycles. The summed E-state index contributed by atoms with van der Waals surface area (Å²) in [4.78, 5) is 10.6. The molecule has 1 aliphatic rings. The Balaban J connectivity index is 2.13. The van der Waals surface area contributed by atoms with Crippen molar-refractivity contribution in [2.75, 3.05) is 6.79 Å². The Bertz CT molecular complexity index is 391. The summed E-state index contributed by atoms with van der Waals surface area (Å²) in [5.41, 5.74) is 6.25. The fourth-order valence-electron chi connectivity index (χ4n) is 1.41. The molecule has 0 saturated heterocycles. The molecule has 0 radical (unpaired) electrons. The number of carbonyl (C=O) groups is 1. The van der Waals surface area contributed by atoms with E-state index in [4.69, 9.17) is 20.3 Å². The maximum atomic E-state index is 10.6. The van der Waals surface area contributed by atoms with Crippen molar-refractivity contribution in [3.8, 4) is 11.5 Å². The molecule has 1 aromatic rings. The van der Waals surface area contributed by atoms with Gasteiger partial charge in [-0.3, -0.25) is 4.79 Å². The Kier molecular flexibility index (Phi) is 2.47. The Morgan fingerprint density at radius 3 is 2.93 bits per heavy atom. The largest absolute Gasteiger partial charge is 0.480 e. The van der Waals surface area contributed by atoms with Crippen molar-refractivity contribution in [1.82, 2.24) is 0 Å². The zero-order valence-corrected chi connectivity index (χ0v) is 7.97. The first-order valence-electron chi connectivity index (χ1n) is 4.54. The van der Waals surface area contributed by atoms with Crippen molar-refractivity contribution in [3.63, 3.8) is 0 Å². The van der Waals surface area contributed by atoms with Gasteiger partial charge in [-0.1, -0.05) is 6.07 Å². The molecule has 15 heavy (non-hydrogen) atoms. The lowest BCUT2D eigenvalue weighted by atomic mass is 10.1. The van der Waals surface area contributed by atoms with Gasteiger partial charge in [0.1, 0.15) is 6.04 Å². The smallest absolute Gasteiger partial charge is 0.320 e. The van der Waals surface area contributed by atoms with Crippen molar-refractivity contribution >= 4 is 5.97 Å². The first-order valence-corrected chi connectivity index (χ1v) is 4.54. The minimum atomic E-state index is -1.01. The molecule has 5 heteroatoms. The molecule has 0 spiro atoms. The predicted octanol–water partition coefficient (Wildman–Crippen LogP) is 0.370. The first kappa shape index (κ1) is 9.79. The van der Waals surface area contributed by atoms with Crippen LogP contribution < -0.4 is 15.2 Å². The van der Waals surface area contributed by atoms with E-state index in [0.29, 0.717) is 11.5 Å². The van der Waals surface area contributed by atoms with Gasteiger partial charge >= 0.3 is 5.97 Å². The van der Waals surface area contributed by atoms with Crippen molar-refractivity contribution < 1.29 is 19.4 Å². The van der Waals surface area contributed by atoms with Gasteiger partial charge < -0.3 is 20.3 Å². The van der Waals surface area contributed by atoms with Crippen molar-refractivity contribution in [2.45, 2.75) is 12.5 Å². The van der Waals surface area contributed by atoms with E-state index in [2.05, 4.69) is 0 Å². The summed E-state index contributed by atoms with van der Waals surface area (Å²) in [5.74, 6) is 0.320. The molecule has 80 valence electrons. The summed E-state index contributed by atoms with van der Waals surface area (Å²) >= 11 is 0. The van der Waals surface area contributed by atoms with Gasteiger partial charge in [0.15, 0.2) is 11.5 Å². The van der Waals surface area contributed by atoms with Crippen LogP contribution in [0.4, 0.5) is 0 Å². The molecular weight excluding hydrogens is 198 g/mol. The van der Waals surface area contributed by atoms with Crippen LogP contribution in [0, 0.1) is 0 Å². The van der Waals surface area contributed by atoms with Gasteiger partial charge in [-0.05, 0) is 24.1 Å². The van der Waals surface area contributed by atoms with E-state index in [-0.39, 0.29) is 13.2 Å². The molecule has 1 heterocycles. The molecule has 2 rings (SSSR count). The van der Waals surface area contributed by atoms with Crippen molar-refractivity contribution in [2.24, 2.45) is 5.73 Å². The maximum absolute atomic E-state index is 10.6. The monoisotopic (exact) mass is 209 g/mol. The molecule has 0 amide bonds. The molecule has 0 saturated carbocycles. The molecule has 3 N–H and O–H groups in total. The molecule has 0 bridgehead atoms. The lowest BCUT2D eigenvalue weighted by Crippen LogP contribution is -2.32. The van der Waals surface area contributed by atoms with Gasteiger partial charge in [0, 0.05) is 0 Å². The van der Waals surface area contributed by atoms with Crippen LogP contribution in [-0.2, 0) is 11.2 Å². The number of hydrogen-bond acceptors (Lipinski definition) is 4. The summed E-state index contributed by atoms with van der Waals surface area (Å²) in [6.45, 7) is 0.212. The number of hydrogen-bond donors (Lipinski definition) is 2. The predicted molar refractivity (Wildman–Crippen MR) is 51.9 cm³/mol. The van der Waals surface area contributed by atoms with Gasteiger partial charge in [0.2, 0.25) is 6.79 Å². The lowest BCUT2D eigenvalue weighted by molar-refractivity contribution is -0.138. The normalized spacial score (nSPS) is 15.0. The topological polar surface area (TPSA) is 81.8 Å². The standard InChI is InChI=1S/C10H11NO4/c11-7(10(12)13)3-6-1-2-8-9(4-6)15-5-14-8/h1-2,4,7H,3,5,11H2,(H,12,13)/t7-/m0/s1. The highest BCUT2D eigenvalue weighted by Crippen LogP contribution is 2.32. The van der Waals surface area contributed by atoms with E-state index >= 15 is 0 Å². The van der Waals surface area contributed by atoms with Crippen LogP contribution in [-0.4, -0.2) is 23.9 Å². The average molecular weight is 209 g/mol. The van der Waals surface area contributed by atoms with Crippen LogP contribution >= 0.6 is 0 Å². The summed E-state index contributed by atoms with van der Waals surface area (Å²) < 4.78 is 10.3. The van der Waals surface area contributed by atoms with Crippen LogP contribution in [0.15, 0.2) is 18.2 Å². The quantitative estimate of drug-likeness (QED) is 0.751. The van der Waals surface area contributed by atoms with Crippen LogP contribution in [0.5, 0.6) is 11.5 Å². The van der Waals surface area contributed by atoms with Gasteiger partial charge in [-0.15, -0.1) is 0 Å². The minimum absolute atomic E-state index is 0.212. The number of carboxylic acids is 1. The summed E-state index contributed by atoms with van der Waals surface area (Å²) in [6.07, 6.45) is 0.284. The van der Waals surface area contributed by atoms with Crippen molar-refractivity contribution in [3.05, 3.63) is 23.8 Å². The Morgan fingerprint density at radius 2 is 2.20 bits per heavy atom. The Morgan fingerprint density at radius 1 is 1.47 bits per heavy atom. The molecule has 1 aliphatic heterocycles. The van der Waals surface area contributed by atoms with Gasteiger partial charge in [0.05, 0.1) is 0 Å². The highest BCUT2D eigenvalue weighted by atomic mass is 16.7. The average Bonchev–Trinajstić information content (AvgIpc) is 2.64. The number of ether oxygens (including phenoxy) is 2. The lowest BCUT2D eigenvalue weighted by Gasteiger charge is -2.06. The fraction of sp³-hybridized carbons (Fsp3) is 0.300. The van der Waals surface area contributed by atoms with E-state index in [9.17, 15) is 4.79 Å². The molecular formula is C10H11NO4. The van der Waals surface area contributed by atoms with E-state index < -0.39 is 12.0 Å². The number of fused-ring (bicyclic) bond motifs is 1. The third kappa shape index (κ3) is 2.02. The third-order valence-corrected chi connectivity index (χ3v) is 2.21. The van der Waals surface area contributed by atoms with Crippen LogP contribution in [0.2, 0.25) is 0 Å². The summed E-state index contributed by atoms with van der Waals surface area (Å²) in [5, 5.41) is 8.66. The zero-order chi connectivity index (χ0) is 10.8. The van der Waals surface area contributed by atoms with Gasteiger partial charge in [-0.2, -0.15) is 0 Å². The second-order valence-corrected chi connectivity index (χ2v) is 3.34. The molecule has 1 aromatic carbocycles. The van der Waals surface area contributed by atoms with Crippen LogP contribution in [0.1, 0.15) is 5.56 Å². The Hall–Kier alpha value is -1.75. The minimum Gasteiger partial charge on any atom is -0.480 e. The molecule has 0 fully saturated rings. The fourth-order valence-corrected chi connectivity index (χ4v) is 1.41. The Labute approximate surface area is 86.4 Å². The number of aliphatic carboxylic acids is 1. The molecule has 1 atom stereocenters. The van der Waals surface area contributed by atoms with Gasteiger partial charge in [0.25, 0.3) is 0 Å². The van der Waals surface area contributed by atoms with Crippen molar-refractivity contribution in [1.29, 1.82) is 0 Å². The molecule has 0 unspecified atom stereocenters. The van der Waals surface area contributed by atoms with E-state index in [1.165, 1.54) is 0 Å². The highest BCUT2D eigenvalue weighted by Gasteiger charge is 2.16. The van der Waals surface area contributed by atoms with E-state index in [1.54, 1.807) is 18.2 Å². The summed E-state index contributed by atoms with van der Waals surface area (Å²) in [6, 6.07) is 4.42. The third-order valence-electron chi connectivity index (χ3n) is 2.21. The second kappa shape index (κ2) is 3.78. The first-order chi connectivity index (χ1) is 7.16. The number of nitrogens with two attached hydrogens (primary N) is 1. The second-order valence-electron chi connectivity index (χ2n) is 3.34. The van der Waals surface area contributed by atoms with Gasteiger partial charge in [-0.25, -0.2) is 0 Å². The van der Waals surface area contributed by atoms with Crippen LogP contribution in [0.3, 0.4) is 0 Å². The summed E-state index contributed by atoms with van der Waals surface area (Å²) in [7, 11) is 0. The SMILES string of the molecule is N[C@@H](Cc1ccc2c(c1)OCO2)C(=O)O. The highest BCUT2D eigenvalue weighted by molar-refractivity contribution is 5.73.